The van der Waals surface area contributed by atoms with E-state index >= 15 is 0 Å². The summed E-state index contributed by atoms with van der Waals surface area (Å²) in [7, 11) is 0. The van der Waals surface area contributed by atoms with Crippen LogP contribution in [0.2, 0.25) is 0 Å². The highest BCUT2D eigenvalue weighted by Gasteiger charge is 2.27. The lowest BCUT2D eigenvalue weighted by Crippen LogP contribution is -2.53. The van der Waals surface area contributed by atoms with Crippen molar-refractivity contribution in [1.82, 2.24) is 15.2 Å². The number of rotatable bonds is 3. The lowest BCUT2D eigenvalue weighted by Gasteiger charge is -2.32. The Morgan fingerprint density at radius 3 is 2.91 bits per heavy atom. The summed E-state index contributed by atoms with van der Waals surface area (Å²) in [6, 6.07) is 7.92. The van der Waals surface area contributed by atoms with E-state index in [1.54, 1.807) is 0 Å². The van der Waals surface area contributed by atoms with Crippen LogP contribution in [0, 0.1) is 13.8 Å². The quantitative estimate of drug-likeness (QED) is 0.944. The molecule has 5 heteroatoms. The van der Waals surface area contributed by atoms with E-state index in [0.29, 0.717) is 19.0 Å². The van der Waals surface area contributed by atoms with Gasteiger partial charge in [-0.3, -0.25) is 9.69 Å². The largest absolute Gasteiger partial charge is 0.441 e. The fourth-order valence-corrected chi connectivity index (χ4v) is 2.74. The number of nitrogens with one attached hydrogen (secondary N) is 1. The van der Waals surface area contributed by atoms with Crippen LogP contribution in [-0.2, 0) is 11.3 Å². The molecule has 1 amide bonds. The lowest BCUT2D eigenvalue weighted by molar-refractivity contribution is -0.128. The highest BCUT2D eigenvalue weighted by Crippen LogP contribution is 2.25. The van der Waals surface area contributed by atoms with Gasteiger partial charge in [-0.1, -0.05) is 18.2 Å². The third kappa shape index (κ3) is 2.76. The van der Waals surface area contributed by atoms with E-state index in [4.69, 9.17) is 4.42 Å². The van der Waals surface area contributed by atoms with Crippen LogP contribution < -0.4 is 5.32 Å². The van der Waals surface area contributed by atoms with Gasteiger partial charge in [0, 0.05) is 25.2 Å². The summed E-state index contributed by atoms with van der Waals surface area (Å²) >= 11 is 0. The van der Waals surface area contributed by atoms with Gasteiger partial charge in [-0.15, -0.1) is 0 Å². The Labute approximate surface area is 130 Å². The van der Waals surface area contributed by atoms with E-state index in [2.05, 4.69) is 15.2 Å². The van der Waals surface area contributed by atoms with E-state index in [1.807, 2.05) is 45.0 Å². The second-order valence-corrected chi connectivity index (χ2v) is 5.77. The van der Waals surface area contributed by atoms with Crippen LogP contribution >= 0.6 is 0 Å². The molecule has 1 aromatic heterocycles. The van der Waals surface area contributed by atoms with Crippen molar-refractivity contribution in [3.63, 3.8) is 0 Å². The zero-order chi connectivity index (χ0) is 15.7. The smallest absolute Gasteiger partial charge is 0.237 e. The monoisotopic (exact) mass is 299 g/mol. The number of carbonyl (C=O) groups excluding carboxylic acids is 1. The number of aryl methyl sites for hydroxylation is 2. The molecule has 5 nitrogen and oxygen atoms in total. The molecule has 2 heterocycles. The number of hydrogen-bond acceptors (Lipinski definition) is 4. The SMILES string of the molecule is Cc1ccccc1-c1nc(CN2CCNC(=O)[C@H]2C)c(C)o1. The predicted octanol–water partition coefficient (Wildman–Crippen LogP) is 2.28. The Hall–Kier alpha value is -2.14. The first-order valence-electron chi connectivity index (χ1n) is 7.60. The van der Waals surface area contributed by atoms with Gasteiger partial charge in [0.15, 0.2) is 0 Å². The van der Waals surface area contributed by atoms with Crippen molar-refractivity contribution in [1.29, 1.82) is 0 Å². The van der Waals surface area contributed by atoms with Crippen LogP contribution in [0.5, 0.6) is 0 Å². The van der Waals surface area contributed by atoms with Crippen LogP contribution in [0.4, 0.5) is 0 Å². The molecule has 116 valence electrons. The third-order valence-corrected chi connectivity index (χ3v) is 4.25. The molecule has 2 aromatic rings. The van der Waals surface area contributed by atoms with Gasteiger partial charge in [-0.25, -0.2) is 4.98 Å². The van der Waals surface area contributed by atoms with Crippen molar-refractivity contribution in [2.75, 3.05) is 13.1 Å². The summed E-state index contributed by atoms with van der Waals surface area (Å²) in [5.41, 5.74) is 3.06. The van der Waals surface area contributed by atoms with Gasteiger partial charge in [0.25, 0.3) is 0 Å². The van der Waals surface area contributed by atoms with Crippen LogP contribution in [-0.4, -0.2) is 34.9 Å². The first-order chi connectivity index (χ1) is 10.6. The molecular weight excluding hydrogens is 278 g/mol. The molecule has 1 aliphatic rings. The maximum absolute atomic E-state index is 11.8. The lowest BCUT2D eigenvalue weighted by atomic mass is 10.1. The standard InChI is InChI=1S/C17H21N3O2/c1-11-6-4-5-7-14(11)17-19-15(13(3)22-17)10-20-9-8-18-16(21)12(20)2/h4-7,12H,8-10H2,1-3H3,(H,18,21)/t12-/m1/s1. The summed E-state index contributed by atoms with van der Waals surface area (Å²) in [5, 5.41) is 2.88. The summed E-state index contributed by atoms with van der Waals surface area (Å²) in [4.78, 5) is 18.5. The number of amides is 1. The van der Waals surface area contributed by atoms with Crippen LogP contribution in [0.1, 0.15) is 23.9 Å². The molecule has 0 radical (unpaired) electrons. The number of aromatic nitrogens is 1. The molecule has 1 atom stereocenters. The molecule has 1 saturated heterocycles. The summed E-state index contributed by atoms with van der Waals surface area (Å²) < 4.78 is 5.85. The molecule has 0 aliphatic carbocycles. The van der Waals surface area contributed by atoms with E-state index < -0.39 is 0 Å². The Morgan fingerprint density at radius 2 is 2.14 bits per heavy atom. The van der Waals surface area contributed by atoms with Crippen LogP contribution in [0.15, 0.2) is 28.7 Å². The summed E-state index contributed by atoms with van der Waals surface area (Å²) in [6.07, 6.45) is 0. The Morgan fingerprint density at radius 1 is 1.36 bits per heavy atom. The number of nitrogens with zero attached hydrogens (tertiary/aromatic N) is 2. The van der Waals surface area contributed by atoms with E-state index in [9.17, 15) is 4.79 Å². The number of carbonyl (C=O) groups is 1. The van der Waals surface area contributed by atoms with Gasteiger partial charge in [0.1, 0.15) is 5.76 Å². The molecule has 0 spiro atoms. The van der Waals surface area contributed by atoms with Crippen molar-refractivity contribution >= 4 is 5.91 Å². The van der Waals surface area contributed by atoms with Gasteiger partial charge in [-0.05, 0) is 32.4 Å². The number of oxazole rings is 1. The second-order valence-electron chi connectivity index (χ2n) is 5.77. The molecule has 0 saturated carbocycles. The molecule has 3 rings (SSSR count). The molecule has 1 fully saturated rings. The average Bonchev–Trinajstić information content (AvgIpc) is 2.85. The fourth-order valence-electron chi connectivity index (χ4n) is 2.74. The minimum atomic E-state index is -0.133. The van der Waals surface area contributed by atoms with E-state index in [0.717, 1.165) is 29.1 Å². The average molecular weight is 299 g/mol. The minimum absolute atomic E-state index is 0.0755. The molecule has 22 heavy (non-hydrogen) atoms. The van der Waals surface area contributed by atoms with Crippen molar-refractivity contribution in [2.24, 2.45) is 0 Å². The molecule has 0 unspecified atom stereocenters. The van der Waals surface area contributed by atoms with Gasteiger partial charge < -0.3 is 9.73 Å². The molecule has 1 aromatic carbocycles. The highest BCUT2D eigenvalue weighted by atomic mass is 16.4. The van der Waals surface area contributed by atoms with E-state index in [1.165, 1.54) is 0 Å². The van der Waals surface area contributed by atoms with Crippen LogP contribution in [0.3, 0.4) is 0 Å². The Kier molecular flexibility index (Phi) is 3.98. The first kappa shape index (κ1) is 14.8. The third-order valence-electron chi connectivity index (χ3n) is 4.25. The fraction of sp³-hybridized carbons (Fsp3) is 0.412. The van der Waals surface area contributed by atoms with Crippen molar-refractivity contribution in [3.05, 3.63) is 41.3 Å². The van der Waals surface area contributed by atoms with Gasteiger partial charge >= 0.3 is 0 Å². The summed E-state index contributed by atoms with van der Waals surface area (Å²) in [6.45, 7) is 8.05. The zero-order valence-electron chi connectivity index (χ0n) is 13.2. The highest BCUT2D eigenvalue weighted by molar-refractivity contribution is 5.81. The molecular formula is C17H21N3O2. The van der Waals surface area contributed by atoms with Gasteiger partial charge in [0.2, 0.25) is 11.8 Å². The maximum Gasteiger partial charge on any atom is 0.237 e. The number of benzene rings is 1. The normalized spacial score (nSPS) is 19.2. The van der Waals surface area contributed by atoms with Gasteiger partial charge in [0.05, 0.1) is 11.7 Å². The molecule has 1 N–H and O–H groups in total. The maximum atomic E-state index is 11.8. The number of hydrogen-bond donors (Lipinski definition) is 1. The topological polar surface area (TPSA) is 58.4 Å². The first-order valence-corrected chi connectivity index (χ1v) is 7.60. The summed E-state index contributed by atoms with van der Waals surface area (Å²) in [5.74, 6) is 1.54. The Balaban J connectivity index is 1.84. The predicted molar refractivity (Wildman–Crippen MR) is 84.3 cm³/mol. The van der Waals surface area contributed by atoms with Crippen LogP contribution in [0.25, 0.3) is 11.5 Å². The molecule has 1 aliphatic heterocycles. The van der Waals surface area contributed by atoms with Crippen molar-refractivity contribution < 1.29 is 9.21 Å². The van der Waals surface area contributed by atoms with Gasteiger partial charge in [-0.2, -0.15) is 0 Å². The van der Waals surface area contributed by atoms with Crippen molar-refractivity contribution in [3.8, 4) is 11.5 Å². The van der Waals surface area contributed by atoms with Crippen molar-refractivity contribution in [2.45, 2.75) is 33.4 Å². The zero-order valence-corrected chi connectivity index (χ0v) is 13.2. The minimum Gasteiger partial charge on any atom is -0.441 e. The number of piperazine rings is 1. The second kappa shape index (κ2) is 5.93. The molecule has 0 bridgehead atoms. The Bertz CT molecular complexity index is 693. The van der Waals surface area contributed by atoms with E-state index in [-0.39, 0.29) is 11.9 Å².